The molecule has 1 N–H and O–H groups in total. The van der Waals surface area contributed by atoms with Gasteiger partial charge in [0.05, 0.1) is 0 Å². The van der Waals surface area contributed by atoms with E-state index in [4.69, 9.17) is 0 Å². The first-order chi connectivity index (χ1) is 7.90. The van der Waals surface area contributed by atoms with Crippen molar-refractivity contribution in [2.24, 2.45) is 10.8 Å². The minimum absolute atomic E-state index is 0. The third-order valence-electron chi connectivity index (χ3n) is 4.19. The number of nitrogens with one attached hydrogen (secondary N) is 1. The Morgan fingerprint density at radius 2 is 1.83 bits per heavy atom. The van der Waals surface area contributed by atoms with Gasteiger partial charge in [-0.2, -0.15) is 0 Å². The molecule has 0 aromatic heterocycles. The Balaban J connectivity index is 0.00000162. The van der Waals surface area contributed by atoms with Crippen molar-refractivity contribution in [2.45, 2.75) is 46.5 Å². The molecule has 0 bridgehead atoms. The van der Waals surface area contributed by atoms with Gasteiger partial charge in [-0.05, 0) is 36.6 Å². The monoisotopic (exact) mass is 274 g/mol. The van der Waals surface area contributed by atoms with E-state index < -0.39 is 0 Å². The molecule has 0 saturated carbocycles. The predicted octanol–water partition coefficient (Wildman–Crippen LogP) is 2.45. The molecule has 2 fully saturated rings. The lowest BCUT2D eigenvalue weighted by Gasteiger charge is -2.39. The number of rotatable bonds is 1. The molecule has 4 heteroatoms. The molecule has 2 aliphatic heterocycles. The summed E-state index contributed by atoms with van der Waals surface area (Å²) in [5.41, 5.74) is 0.625. The SMILES string of the molecule is CC(C)(C)CC(=O)N1CCC2(CCNC2)CC1.Cl. The molecule has 3 nitrogen and oxygen atoms in total. The standard InChI is InChI=1S/C14H26N2O.ClH/c1-13(2,3)10-12(17)16-8-5-14(6-9-16)4-7-15-11-14;/h15H,4-11H2,1-3H3;1H. The van der Waals surface area contributed by atoms with Crippen molar-refractivity contribution in [1.82, 2.24) is 10.2 Å². The lowest BCUT2D eigenvalue weighted by atomic mass is 9.77. The summed E-state index contributed by atoms with van der Waals surface area (Å²) < 4.78 is 0. The van der Waals surface area contributed by atoms with Crippen molar-refractivity contribution in [3.8, 4) is 0 Å². The Morgan fingerprint density at radius 1 is 1.22 bits per heavy atom. The highest BCUT2D eigenvalue weighted by Gasteiger charge is 2.38. The molecule has 0 aromatic carbocycles. The van der Waals surface area contributed by atoms with Crippen LogP contribution in [0.2, 0.25) is 0 Å². The number of carbonyl (C=O) groups excluding carboxylic acids is 1. The van der Waals surface area contributed by atoms with Crippen molar-refractivity contribution in [3.63, 3.8) is 0 Å². The van der Waals surface area contributed by atoms with Gasteiger partial charge in [-0.15, -0.1) is 12.4 Å². The minimum atomic E-state index is 0. The second-order valence-electron chi connectivity index (χ2n) is 7.05. The van der Waals surface area contributed by atoms with Crippen LogP contribution in [0.5, 0.6) is 0 Å². The van der Waals surface area contributed by atoms with E-state index in [9.17, 15) is 4.79 Å². The molecule has 2 rings (SSSR count). The third-order valence-corrected chi connectivity index (χ3v) is 4.19. The molecule has 0 unspecified atom stereocenters. The molecular formula is C14H27ClN2O. The molecule has 18 heavy (non-hydrogen) atoms. The predicted molar refractivity (Wildman–Crippen MR) is 77.1 cm³/mol. The zero-order valence-corrected chi connectivity index (χ0v) is 12.7. The molecule has 2 aliphatic rings. The number of hydrogen-bond donors (Lipinski definition) is 1. The van der Waals surface area contributed by atoms with Crippen LogP contribution in [0, 0.1) is 10.8 Å². The summed E-state index contributed by atoms with van der Waals surface area (Å²) in [7, 11) is 0. The summed E-state index contributed by atoms with van der Waals surface area (Å²) >= 11 is 0. The summed E-state index contributed by atoms with van der Waals surface area (Å²) in [4.78, 5) is 14.2. The van der Waals surface area contributed by atoms with Gasteiger partial charge in [0.1, 0.15) is 0 Å². The molecule has 0 atom stereocenters. The van der Waals surface area contributed by atoms with Gasteiger partial charge >= 0.3 is 0 Å². The molecule has 0 aromatic rings. The van der Waals surface area contributed by atoms with E-state index >= 15 is 0 Å². The van der Waals surface area contributed by atoms with Crippen molar-refractivity contribution < 1.29 is 4.79 Å². The van der Waals surface area contributed by atoms with Crippen LogP contribution in [-0.2, 0) is 4.79 Å². The zero-order chi connectivity index (χ0) is 12.5. The van der Waals surface area contributed by atoms with Crippen LogP contribution in [0.25, 0.3) is 0 Å². The summed E-state index contributed by atoms with van der Waals surface area (Å²) in [6.45, 7) is 10.7. The van der Waals surface area contributed by atoms with Crippen LogP contribution < -0.4 is 5.32 Å². The fourth-order valence-electron chi connectivity index (χ4n) is 3.02. The topological polar surface area (TPSA) is 32.3 Å². The Hall–Kier alpha value is -0.280. The van der Waals surface area contributed by atoms with E-state index in [1.54, 1.807) is 0 Å². The van der Waals surface area contributed by atoms with E-state index in [-0.39, 0.29) is 17.8 Å². The summed E-state index contributed by atoms with van der Waals surface area (Å²) in [6.07, 6.45) is 4.36. The quantitative estimate of drug-likeness (QED) is 0.797. The van der Waals surface area contributed by atoms with Crippen molar-refractivity contribution in [3.05, 3.63) is 0 Å². The maximum Gasteiger partial charge on any atom is 0.223 e. The largest absolute Gasteiger partial charge is 0.343 e. The average molecular weight is 275 g/mol. The number of halogens is 1. The second-order valence-corrected chi connectivity index (χ2v) is 7.05. The van der Waals surface area contributed by atoms with Crippen molar-refractivity contribution in [2.75, 3.05) is 26.2 Å². The van der Waals surface area contributed by atoms with Crippen LogP contribution in [0.15, 0.2) is 0 Å². The highest BCUT2D eigenvalue weighted by atomic mass is 35.5. The van der Waals surface area contributed by atoms with E-state index in [1.807, 2.05) is 0 Å². The van der Waals surface area contributed by atoms with E-state index in [0.717, 1.165) is 26.2 Å². The van der Waals surface area contributed by atoms with E-state index in [1.165, 1.54) is 19.3 Å². The molecular weight excluding hydrogens is 248 g/mol. The molecule has 106 valence electrons. The minimum Gasteiger partial charge on any atom is -0.343 e. The van der Waals surface area contributed by atoms with Gasteiger partial charge in [0, 0.05) is 26.1 Å². The first kappa shape index (κ1) is 15.8. The fraction of sp³-hybridized carbons (Fsp3) is 0.929. The second kappa shape index (κ2) is 5.79. The van der Waals surface area contributed by atoms with Crippen molar-refractivity contribution in [1.29, 1.82) is 0 Å². The van der Waals surface area contributed by atoms with Gasteiger partial charge in [-0.25, -0.2) is 0 Å². The van der Waals surface area contributed by atoms with Gasteiger partial charge in [-0.1, -0.05) is 20.8 Å². The van der Waals surface area contributed by atoms with Gasteiger partial charge in [0.25, 0.3) is 0 Å². The lowest BCUT2D eigenvalue weighted by molar-refractivity contribution is -0.135. The van der Waals surface area contributed by atoms with Crippen LogP contribution in [0.3, 0.4) is 0 Å². The number of amides is 1. The third kappa shape index (κ3) is 3.86. The average Bonchev–Trinajstić information content (AvgIpc) is 2.65. The Bertz CT molecular complexity index is 283. The van der Waals surface area contributed by atoms with Crippen molar-refractivity contribution >= 4 is 18.3 Å². The molecule has 2 heterocycles. The first-order valence-electron chi connectivity index (χ1n) is 6.89. The number of piperidine rings is 1. The van der Waals surface area contributed by atoms with Crippen LogP contribution in [0.4, 0.5) is 0 Å². The molecule has 1 spiro atoms. The van der Waals surface area contributed by atoms with Gasteiger partial charge in [-0.3, -0.25) is 4.79 Å². The maximum absolute atomic E-state index is 12.1. The number of carbonyl (C=O) groups is 1. The van der Waals surface area contributed by atoms with E-state index in [0.29, 0.717) is 17.7 Å². The first-order valence-corrected chi connectivity index (χ1v) is 6.89. The molecule has 1 amide bonds. The summed E-state index contributed by atoms with van der Waals surface area (Å²) in [6, 6.07) is 0. The van der Waals surface area contributed by atoms with Crippen LogP contribution in [-0.4, -0.2) is 37.0 Å². The van der Waals surface area contributed by atoms with Gasteiger partial charge in [0.2, 0.25) is 5.91 Å². The molecule has 0 aliphatic carbocycles. The Kier molecular flexibility index (Phi) is 5.07. The number of nitrogens with zero attached hydrogens (tertiary/aromatic N) is 1. The highest BCUT2D eigenvalue weighted by Crippen LogP contribution is 2.37. The van der Waals surface area contributed by atoms with Gasteiger partial charge in [0.15, 0.2) is 0 Å². The van der Waals surface area contributed by atoms with Crippen LogP contribution >= 0.6 is 12.4 Å². The summed E-state index contributed by atoms with van der Waals surface area (Å²) in [5.74, 6) is 0.346. The zero-order valence-electron chi connectivity index (χ0n) is 11.9. The number of likely N-dealkylation sites (tertiary alicyclic amines) is 1. The van der Waals surface area contributed by atoms with Crippen LogP contribution in [0.1, 0.15) is 46.5 Å². The molecule has 0 radical (unpaired) electrons. The smallest absolute Gasteiger partial charge is 0.223 e. The summed E-state index contributed by atoms with van der Waals surface area (Å²) in [5, 5.41) is 3.46. The normalized spacial score (nSPS) is 22.9. The molecule has 2 saturated heterocycles. The highest BCUT2D eigenvalue weighted by molar-refractivity contribution is 5.85. The van der Waals surface area contributed by atoms with E-state index in [2.05, 4.69) is 31.0 Å². The lowest BCUT2D eigenvalue weighted by Crippen LogP contribution is -2.44. The fourth-order valence-corrected chi connectivity index (χ4v) is 3.02. The van der Waals surface area contributed by atoms with Gasteiger partial charge < -0.3 is 10.2 Å². The Morgan fingerprint density at radius 3 is 2.28 bits per heavy atom. The maximum atomic E-state index is 12.1. The number of hydrogen-bond acceptors (Lipinski definition) is 2. The Labute approximate surface area is 117 Å².